The summed E-state index contributed by atoms with van der Waals surface area (Å²) < 4.78 is 0. The van der Waals surface area contributed by atoms with Crippen LogP contribution >= 0.6 is 0 Å². The van der Waals surface area contributed by atoms with E-state index in [1.807, 2.05) is 53.4 Å². The molecule has 1 N–H and O–H groups in total. The molecule has 2 saturated heterocycles. The summed E-state index contributed by atoms with van der Waals surface area (Å²) in [4.78, 5) is 44.1. The third-order valence-electron chi connectivity index (χ3n) is 6.24. The molecule has 4 rings (SSSR count). The number of rotatable bonds is 6. The molecule has 0 spiro atoms. The van der Waals surface area contributed by atoms with E-state index in [1.165, 1.54) is 0 Å². The molecule has 2 heterocycles. The molecule has 0 unspecified atom stereocenters. The minimum absolute atomic E-state index is 0.0360. The van der Waals surface area contributed by atoms with Gasteiger partial charge in [-0.05, 0) is 24.1 Å². The molecular formula is C25H30N4O3. The molecule has 3 amide bonds. The van der Waals surface area contributed by atoms with Crippen LogP contribution in [-0.2, 0) is 20.8 Å². The zero-order chi connectivity index (χ0) is 22.3. The zero-order valence-corrected chi connectivity index (χ0v) is 18.3. The fourth-order valence-electron chi connectivity index (χ4n) is 4.40. The van der Waals surface area contributed by atoms with E-state index < -0.39 is 6.04 Å². The number of carbonyl (C=O) groups is 3. The lowest BCUT2D eigenvalue weighted by atomic mass is 10.0. The summed E-state index contributed by atoms with van der Waals surface area (Å²) in [7, 11) is 0. The van der Waals surface area contributed by atoms with Gasteiger partial charge in [0.05, 0.1) is 6.42 Å². The van der Waals surface area contributed by atoms with Crippen molar-refractivity contribution < 1.29 is 14.4 Å². The molecule has 2 aliphatic rings. The molecule has 0 saturated carbocycles. The first-order valence-corrected chi connectivity index (χ1v) is 11.3. The van der Waals surface area contributed by atoms with Gasteiger partial charge >= 0.3 is 0 Å². The number of nitrogens with one attached hydrogen (secondary N) is 1. The molecule has 2 aliphatic heterocycles. The molecule has 2 fully saturated rings. The lowest BCUT2D eigenvalue weighted by Gasteiger charge is -2.39. The van der Waals surface area contributed by atoms with Crippen molar-refractivity contribution in [3.63, 3.8) is 0 Å². The number of para-hydroxylation sites is 1. The van der Waals surface area contributed by atoms with Crippen LogP contribution in [0.3, 0.4) is 0 Å². The van der Waals surface area contributed by atoms with Crippen molar-refractivity contribution in [3.8, 4) is 0 Å². The topological polar surface area (TPSA) is 73.0 Å². The summed E-state index contributed by atoms with van der Waals surface area (Å²) in [5.74, 6) is -0.378. The van der Waals surface area contributed by atoms with Crippen LogP contribution in [0.1, 0.15) is 18.4 Å². The van der Waals surface area contributed by atoms with E-state index in [-0.39, 0.29) is 24.1 Å². The number of hydrogen-bond acceptors (Lipinski definition) is 4. The summed E-state index contributed by atoms with van der Waals surface area (Å²) in [5, 5.41) is 2.82. The predicted molar refractivity (Wildman–Crippen MR) is 123 cm³/mol. The first-order chi connectivity index (χ1) is 15.6. The van der Waals surface area contributed by atoms with Crippen molar-refractivity contribution >= 4 is 23.4 Å². The molecule has 0 bridgehead atoms. The minimum Gasteiger partial charge on any atom is -0.368 e. The van der Waals surface area contributed by atoms with Crippen LogP contribution < -0.4 is 10.2 Å². The highest BCUT2D eigenvalue weighted by Gasteiger charge is 2.36. The van der Waals surface area contributed by atoms with Crippen molar-refractivity contribution in [3.05, 3.63) is 66.2 Å². The van der Waals surface area contributed by atoms with Gasteiger partial charge in [-0.1, -0.05) is 48.5 Å². The van der Waals surface area contributed by atoms with Gasteiger partial charge < -0.3 is 20.0 Å². The normalized spacial score (nSPS) is 18.9. The van der Waals surface area contributed by atoms with E-state index in [0.717, 1.165) is 24.3 Å². The molecule has 0 aromatic heterocycles. The molecule has 7 nitrogen and oxygen atoms in total. The number of hydrogen-bond donors (Lipinski definition) is 1. The summed E-state index contributed by atoms with van der Waals surface area (Å²) in [6, 6.07) is 19.3. The highest BCUT2D eigenvalue weighted by atomic mass is 16.2. The summed E-state index contributed by atoms with van der Waals surface area (Å²) in [6.07, 6.45) is 0.992. The van der Waals surface area contributed by atoms with Gasteiger partial charge in [0.25, 0.3) is 0 Å². The first-order valence-electron chi connectivity index (χ1n) is 11.3. The number of carbonyl (C=O) groups excluding carboxylic acids is 3. The van der Waals surface area contributed by atoms with E-state index in [0.29, 0.717) is 39.0 Å². The zero-order valence-electron chi connectivity index (χ0n) is 18.3. The number of piperazine rings is 2. The number of anilines is 1. The standard InChI is InChI=1S/C25H30N4O3/c30-23(12-11-20-7-3-1-4-8-20)29-14-13-26-25(32)22(29)19-24(31)28-17-15-27(16-18-28)21-9-5-2-6-10-21/h1-10,22H,11-19H2,(H,26,32)/t22-/m1/s1. The van der Waals surface area contributed by atoms with Crippen molar-refractivity contribution in [2.45, 2.75) is 25.3 Å². The van der Waals surface area contributed by atoms with Gasteiger partial charge in [0.1, 0.15) is 6.04 Å². The Labute approximate surface area is 189 Å². The Morgan fingerprint density at radius 1 is 0.844 bits per heavy atom. The maximum atomic E-state index is 13.0. The van der Waals surface area contributed by atoms with Gasteiger partial charge in [0, 0.05) is 51.4 Å². The maximum absolute atomic E-state index is 13.0. The molecule has 168 valence electrons. The van der Waals surface area contributed by atoms with Gasteiger partial charge in [-0.15, -0.1) is 0 Å². The second kappa shape index (κ2) is 10.3. The monoisotopic (exact) mass is 434 g/mol. The van der Waals surface area contributed by atoms with Crippen LogP contribution in [0.4, 0.5) is 5.69 Å². The average molecular weight is 435 g/mol. The average Bonchev–Trinajstić information content (AvgIpc) is 2.85. The van der Waals surface area contributed by atoms with Gasteiger partial charge in [-0.2, -0.15) is 0 Å². The maximum Gasteiger partial charge on any atom is 0.243 e. The summed E-state index contributed by atoms with van der Waals surface area (Å²) in [6.45, 7) is 3.61. The Morgan fingerprint density at radius 2 is 1.50 bits per heavy atom. The van der Waals surface area contributed by atoms with Crippen molar-refractivity contribution in [2.24, 2.45) is 0 Å². The van der Waals surface area contributed by atoms with E-state index in [1.54, 1.807) is 4.90 Å². The fourth-order valence-corrected chi connectivity index (χ4v) is 4.40. The van der Waals surface area contributed by atoms with E-state index >= 15 is 0 Å². The first kappa shape index (κ1) is 21.9. The second-order valence-electron chi connectivity index (χ2n) is 8.29. The Balaban J connectivity index is 1.33. The molecule has 2 aromatic rings. The fraction of sp³-hybridized carbons (Fsp3) is 0.400. The van der Waals surface area contributed by atoms with Crippen LogP contribution in [-0.4, -0.2) is 72.8 Å². The highest BCUT2D eigenvalue weighted by molar-refractivity contribution is 5.93. The van der Waals surface area contributed by atoms with Crippen molar-refractivity contribution in [1.82, 2.24) is 15.1 Å². The third-order valence-corrected chi connectivity index (χ3v) is 6.24. The van der Waals surface area contributed by atoms with E-state index in [9.17, 15) is 14.4 Å². The van der Waals surface area contributed by atoms with Crippen LogP contribution in [0.25, 0.3) is 0 Å². The van der Waals surface area contributed by atoms with Crippen LogP contribution in [0.2, 0.25) is 0 Å². The lowest BCUT2D eigenvalue weighted by Crippen LogP contribution is -2.59. The smallest absolute Gasteiger partial charge is 0.243 e. The van der Waals surface area contributed by atoms with Crippen molar-refractivity contribution in [2.75, 3.05) is 44.2 Å². The molecule has 2 aromatic carbocycles. The Hall–Kier alpha value is -3.35. The van der Waals surface area contributed by atoms with Gasteiger partial charge in [0.15, 0.2) is 0 Å². The van der Waals surface area contributed by atoms with Crippen LogP contribution in [0.15, 0.2) is 60.7 Å². The number of amides is 3. The molecule has 0 radical (unpaired) electrons. The third kappa shape index (κ3) is 5.28. The minimum atomic E-state index is -0.730. The second-order valence-corrected chi connectivity index (χ2v) is 8.29. The number of benzene rings is 2. The number of nitrogens with zero attached hydrogens (tertiary/aromatic N) is 3. The molecule has 7 heteroatoms. The molecule has 1 atom stereocenters. The molecular weight excluding hydrogens is 404 g/mol. The van der Waals surface area contributed by atoms with E-state index in [4.69, 9.17) is 0 Å². The lowest BCUT2D eigenvalue weighted by molar-refractivity contribution is -0.146. The van der Waals surface area contributed by atoms with Crippen molar-refractivity contribution in [1.29, 1.82) is 0 Å². The summed E-state index contributed by atoms with van der Waals surface area (Å²) >= 11 is 0. The van der Waals surface area contributed by atoms with Crippen LogP contribution in [0.5, 0.6) is 0 Å². The Kier molecular flexibility index (Phi) is 7.04. The van der Waals surface area contributed by atoms with Gasteiger partial charge in [0.2, 0.25) is 17.7 Å². The highest BCUT2D eigenvalue weighted by Crippen LogP contribution is 2.18. The quantitative estimate of drug-likeness (QED) is 0.751. The Bertz CT molecular complexity index is 927. The molecule has 0 aliphatic carbocycles. The van der Waals surface area contributed by atoms with E-state index in [2.05, 4.69) is 22.3 Å². The predicted octanol–water partition coefficient (Wildman–Crippen LogP) is 1.69. The van der Waals surface area contributed by atoms with Gasteiger partial charge in [-0.3, -0.25) is 14.4 Å². The Morgan fingerprint density at radius 3 is 2.19 bits per heavy atom. The SMILES string of the molecule is O=C1NCCN(C(=O)CCc2ccccc2)[C@@H]1CC(=O)N1CCN(c2ccccc2)CC1. The number of aryl methyl sites for hydroxylation is 1. The van der Waals surface area contributed by atoms with Gasteiger partial charge in [-0.25, -0.2) is 0 Å². The van der Waals surface area contributed by atoms with Crippen LogP contribution in [0, 0.1) is 0 Å². The largest absolute Gasteiger partial charge is 0.368 e. The molecule has 32 heavy (non-hydrogen) atoms. The summed E-state index contributed by atoms with van der Waals surface area (Å²) in [5.41, 5.74) is 2.24.